The Morgan fingerprint density at radius 2 is 1.81 bits per heavy atom. The summed E-state index contributed by atoms with van der Waals surface area (Å²) in [6.07, 6.45) is 1.69. The molecule has 1 aromatic carbocycles. The molecule has 3 rings (SSSR count). The van der Waals surface area contributed by atoms with Gasteiger partial charge in [-0.25, -0.2) is 4.98 Å². The first kappa shape index (κ1) is 18.4. The van der Waals surface area contributed by atoms with Crippen LogP contribution in [0.4, 0.5) is 11.5 Å². The minimum atomic E-state index is -0.189. The number of carbonyl (C=O) groups excluding carboxylic acids is 1. The summed E-state index contributed by atoms with van der Waals surface area (Å²) < 4.78 is 0. The average molecular weight is 354 g/mol. The first-order valence-corrected chi connectivity index (χ1v) is 8.93. The third-order valence-electron chi connectivity index (χ3n) is 4.89. The number of pyridine rings is 1. The van der Waals surface area contributed by atoms with Crippen LogP contribution in [-0.4, -0.2) is 59.2 Å². The van der Waals surface area contributed by atoms with Crippen LogP contribution < -0.4 is 10.2 Å². The predicted molar refractivity (Wildman–Crippen MR) is 104 cm³/mol. The van der Waals surface area contributed by atoms with Crippen molar-refractivity contribution in [1.82, 2.24) is 9.88 Å². The molecule has 2 heterocycles. The normalized spacial score (nSPS) is 15.7. The number of aliphatic hydroxyl groups is 1. The van der Waals surface area contributed by atoms with Crippen molar-refractivity contribution < 1.29 is 9.90 Å². The summed E-state index contributed by atoms with van der Waals surface area (Å²) >= 11 is 0. The van der Waals surface area contributed by atoms with Gasteiger partial charge in [0.05, 0.1) is 18.5 Å². The van der Waals surface area contributed by atoms with E-state index in [2.05, 4.69) is 33.9 Å². The summed E-state index contributed by atoms with van der Waals surface area (Å²) in [4.78, 5) is 21.2. The number of amides is 1. The Morgan fingerprint density at radius 1 is 1.12 bits per heavy atom. The number of anilines is 2. The lowest BCUT2D eigenvalue weighted by Crippen LogP contribution is -2.56. The molecule has 1 saturated heterocycles. The monoisotopic (exact) mass is 354 g/mol. The molecular formula is C20H26N4O2. The highest BCUT2D eigenvalue weighted by molar-refractivity contribution is 6.04. The Hall–Kier alpha value is -2.44. The zero-order valence-corrected chi connectivity index (χ0v) is 15.4. The van der Waals surface area contributed by atoms with E-state index in [1.807, 2.05) is 30.3 Å². The molecule has 1 amide bonds. The van der Waals surface area contributed by atoms with Crippen LogP contribution in [0.3, 0.4) is 0 Å². The van der Waals surface area contributed by atoms with Crippen molar-refractivity contribution in [3.05, 3.63) is 54.2 Å². The SMILES string of the molecule is CC(C)(CO)N1CCN(c2ccc(NC(=O)c3ccccc3)cn2)CC1. The molecule has 26 heavy (non-hydrogen) atoms. The third-order valence-corrected chi connectivity index (χ3v) is 4.89. The van der Waals surface area contributed by atoms with Crippen molar-refractivity contribution in [3.8, 4) is 0 Å². The Labute approximate surface area is 154 Å². The fourth-order valence-electron chi connectivity index (χ4n) is 3.08. The van der Waals surface area contributed by atoms with Gasteiger partial charge in [0, 0.05) is 37.3 Å². The highest BCUT2D eigenvalue weighted by atomic mass is 16.3. The Balaban J connectivity index is 1.58. The summed E-state index contributed by atoms with van der Waals surface area (Å²) in [5.74, 6) is 0.768. The molecule has 0 aliphatic carbocycles. The van der Waals surface area contributed by atoms with Gasteiger partial charge in [-0.05, 0) is 38.1 Å². The predicted octanol–water partition coefficient (Wildman–Crippen LogP) is 2.23. The molecule has 1 fully saturated rings. The number of carbonyl (C=O) groups is 1. The zero-order valence-electron chi connectivity index (χ0n) is 15.4. The molecular weight excluding hydrogens is 328 g/mol. The lowest BCUT2D eigenvalue weighted by atomic mass is 10.0. The molecule has 0 saturated carbocycles. The van der Waals surface area contributed by atoms with Crippen molar-refractivity contribution in [2.75, 3.05) is 43.0 Å². The number of benzene rings is 1. The molecule has 6 heteroatoms. The van der Waals surface area contributed by atoms with Crippen molar-refractivity contribution in [3.63, 3.8) is 0 Å². The van der Waals surface area contributed by atoms with Crippen LogP contribution in [-0.2, 0) is 0 Å². The molecule has 0 unspecified atom stereocenters. The second kappa shape index (κ2) is 7.85. The number of hydrogen-bond acceptors (Lipinski definition) is 5. The van der Waals surface area contributed by atoms with E-state index in [0.29, 0.717) is 11.3 Å². The molecule has 1 aromatic heterocycles. The van der Waals surface area contributed by atoms with Crippen LogP contribution >= 0.6 is 0 Å². The van der Waals surface area contributed by atoms with Crippen molar-refractivity contribution in [2.45, 2.75) is 19.4 Å². The third kappa shape index (κ3) is 4.20. The second-order valence-corrected chi connectivity index (χ2v) is 7.17. The lowest BCUT2D eigenvalue weighted by molar-refractivity contribution is 0.0526. The molecule has 138 valence electrons. The van der Waals surface area contributed by atoms with E-state index in [0.717, 1.165) is 32.0 Å². The zero-order chi connectivity index (χ0) is 18.6. The van der Waals surface area contributed by atoms with Crippen LogP contribution in [0.1, 0.15) is 24.2 Å². The van der Waals surface area contributed by atoms with Gasteiger partial charge in [-0.1, -0.05) is 18.2 Å². The van der Waals surface area contributed by atoms with E-state index in [1.165, 1.54) is 0 Å². The first-order chi connectivity index (χ1) is 12.5. The number of nitrogens with one attached hydrogen (secondary N) is 1. The van der Waals surface area contributed by atoms with E-state index < -0.39 is 0 Å². The van der Waals surface area contributed by atoms with Crippen molar-refractivity contribution >= 4 is 17.4 Å². The van der Waals surface area contributed by atoms with Gasteiger partial charge in [0.25, 0.3) is 5.91 Å². The fourth-order valence-corrected chi connectivity index (χ4v) is 3.08. The molecule has 0 radical (unpaired) electrons. The topological polar surface area (TPSA) is 68.7 Å². The molecule has 1 aliphatic heterocycles. The summed E-state index contributed by atoms with van der Waals surface area (Å²) in [5, 5.41) is 12.4. The number of aromatic nitrogens is 1. The number of nitrogens with zero attached hydrogens (tertiary/aromatic N) is 3. The maximum Gasteiger partial charge on any atom is 0.255 e. The van der Waals surface area contributed by atoms with Gasteiger partial charge in [0.1, 0.15) is 5.82 Å². The lowest BCUT2D eigenvalue weighted by Gasteiger charge is -2.43. The van der Waals surface area contributed by atoms with E-state index in [9.17, 15) is 9.90 Å². The molecule has 0 spiro atoms. The number of piperazine rings is 1. The van der Waals surface area contributed by atoms with E-state index in [-0.39, 0.29) is 18.1 Å². The number of aliphatic hydroxyl groups excluding tert-OH is 1. The van der Waals surface area contributed by atoms with E-state index in [1.54, 1.807) is 18.3 Å². The smallest absolute Gasteiger partial charge is 0.255 e. The highest BCUT2D eigenvalue weighted by Gasteiger charge is 2.29. The Kier molecular flexibility index (Phi) is 5.54. The molecule has 0 bridgehead atoms. The molecule has 6 nitrogen and oxygen atoms in total. The van der Waals surface area contributed by atoms with E-state index >= 15 is 0 Å². The quantitative estimate of drug-likeness (QED) is 0.862. The maximum atomic E-state index is 12.2. The minimum absolute atomic E-state index is 0.139. The van der Waals surface area contributed by atoms with Gasteiger partial charge in [-0.3, -0.25) is 9.69 Å². The van der Waals surface area contributed by atoms with Gasteiger partial charge in [-0.15, -0.1) is 0 Å². The Morgan fingerprint density at radius 3 is 2.38 bits per heavy atom. The van der Waals surface area contributed by atoms with Gasteiger partial charge in [-0.2, -0.15) is 0 Å². The van der Waals surface area contributed by atoms with Gasteiger partial charge in [0.2, 0.25) is 0 Å². The average Bonchev–Trinajstić information content (AvgIpc) is 2.69. The summed E-state index contributed by atoms with van der Waals surface area (Å²) in [7, 11) is 0. The Bertz CT molecular complexity index is 723. The summed E-state index contributed by atoms with van der Waals surface area (Å²) in [5.41, 5.74) is 1.12. The van der Waals surface area contributed by atoms with Crippen molar-refractivity contribution in [2.24, 2.45) is 0 Å². The molecule has 0 atom stereocenters. The summed E-state index contributed by atoms with van der Waals surface area (Å²) in [6, 6.07) is 13.0. The first-order valence-electron chi connectivity index (χ1n) is 8.93. The molecule has 2 N–H and O–H groups in total. The van der Waals surface area contributed by atoms with Crippen LogP contribution in [0.5, 0.6) is 0 Å². The molecule has 1 aliphatic rings. The largest absolute Gasteiger partial charge is 0.394 e. The minimum Gasteiger partial charge on any atom is -0.394 e. The highest BCUT2D eigenvalue weighted by Crippen LogP contribution is 2.20. The summed E-state index contributed by atoms with van der Waals surface area (Å²) in [6.45, 7) is 7.79. The van der Waals surface area contributed by atoms with Crippen LogP contribution in [0.2, 0.25) is 0 Å². The van der Waals surface area contributed by atoms with E-state index in [4.69, 9.17) is 0 Å². The standard InChI is InChI=1S/C20H26N4O2/c1-20(2,15-25)24-12-10-23(11-13-24)18-9-8-17(14-21-18)22-19(26)16-6-4-3-5-7-16/h3-9,14,25H,10-13,15H2,1-2H3,(H,22,26). The number of rotatable bonds is 5. The van der Waals surface area contributed by atoms with Gasteiger partial charge >= 0.3 is 0 Å². The van der Waals surface area contributed by atoms with Gasteiger partial charge < -0.3 is 15.3 Å². The van der Waals surface area contributed by atoms with Gasteiger partial charge in [0.15, 0.2) is 0 Å². The second-order valence-electron chi connectivity index (χ2n) is 7.17. The number of hydrogen-bond donors (Lipinski definition) is 2. The van der Waals surface area contributed by atoms with Crippen LogP contribution in [0, 0.1) is 0 Å². The van der Waals surface area contributed by atoms with Crippen LogP contribution in [0.25, 0.3) is 0 Å². The maximum absolute atomic E-state index is 12.2. The van der Waals surface area contributed by atoms with Crippen molar-refractivity contribution in [1.29, 1.82) is 0 Å². The fraction of sp³-hybridized carbons (Fsp3) is 0.400. The van der Waals surface area contributed by atoms with Crippen LogP contribution in [0.15, 0.2) is 48.7 Å². The molecule has 2 aromatic rings.